The molecule has 5 heteroatoms. The van der Waals surface area contributed by atoms with Crippen molar-refractivity contribution in [2.75, 3.05) is 6.54 Å². The molecule has 0 fully saturated rings. The third kappa shape index (κ3) is 3.87. The van der Waals surface area contributed by atoms with Gasteiger partial charge in [-0.2, -0.15) is 4.98 Å². The average Bonchev–Trinajstić information content (AvgIpc) is 2.86. The molecule has 0 aliphatic heterocycles. The molecule has 0 aliphatic rings. The van der Waals surface area contributed by atoms with Crippen molar-refractivity contribution in [3.05, 3.63) is 35.5 Å². The molecule has 2 rings (SSSR count). The summed E-state index contributed by atoms with van der Waals surface area (Å²) < 4.78 is 18.5. The molecule has 0 unspecified atom stereocenters. The number of benzene rings is 1. The summed E-state index contributed by atoms with van der Waals surface area (Å²) >= 11 is 0. The van der Waals surface area contributed by atoms with E-state index in [0.717, 1.165) is 24.9 Å². The van der Waals surface area contributed by atoms with E-state index in [-0.39, 0.29) is 5.82 Å². The van der Waals surface area contributed by atoms with Crippen molar-refractivity contribution >= 4 is 0 Å². The van der Waals surface area contributed by atoms with Crippen molar-refractivity contribution in [1.82, 2.24) is 15.5 Å². The molecule has 1 N–H and O–H groups in total. The Kier molecular flexibility index (Phi) is 4.84. The predicted octanol–water partition coefficient (Wildman–Crippen LogP) is 3.11. The number of rotatable bonds is 6. The van der Waals surface area contributed by atoms with Gasteiger partial charge in [-0.15, -0.1) is 0 Å². The van der Waals surface area contributed by atoms with Gasteiger partial charge in [0, 0.05) is 18.0 Å². The maximum Gasteiger partial charge on any atom is 0.227 e. The minimum absolute atomic E-state index is 0.293. The number of nitrogens with one attached hydrogen (secondary N) is 1. The summed E-state index contributed by atoms with van der Waals surface area (Å²) in [5.41, 5.74) is 1.61. The number of halogens is 1. The second-order valence-corrected chi connectivity index (χ2v) is 5.18. The zero-order valence-corrected chi connectivity index (χ0v) is 12.1. The third-order valence-electron chi connectivity index (χ3n) is 3.03. The minimum Gasteiger partial charge on any atom is -0.339 e. The van der Waals surface area contributed by atoms with Gasteiger partial charge in [-0.05, 0) is 37.6 Å². The van der Waals surface area contributed by atoms with Crippen molar-refractivity contribution in [2.45, 2.75) is 39.7 Å². The first kappa shape index (κ1) is 14.7. The minimum atomic E-state index is -0.293. The van der Waals surface area contributed by atoms with E-state index in [2.05, 4.69) is 29.3 Å². The Morgan fingerprint density at radius 3 is 2.90 bits per heavy atom. The van der Waals surface area contributed by atoms with Gasteiger partial charge in [0.05, 0.1) is 0 Å². The van der Waals surface area contributed by atoms with Crippen LogP contribution in [0.2, 0.25) is 0 Å². The van der Waals surface area contributed by atoms with Crippen LogP contribution in [0.1, 0.15) is 31.7 Å². The highest BCUT2D eigenvalue weighted by atomic mass is 19.1. The van der Waals surface area contributed by atoms with Gasteiger partial charge in [0.1, 0.15) is 5.82 Å². The Labute approximate surface area is 118 Å². The molecule has 2 aromatic rings. The van der Waals surface area contributed by atoms with Crippen LogP contribution in [-0.4, -0.2) is 22.7 Å². The molecule has 0 bridgehead atoms. The second kappa shape index (κ2) is 6.61. The summed E-state index contributed by atoms with van der Waals surface area (Å²) in [6.07, 6.45) is 1.66. The molecular formula is C15H20FN3O. The lowest BCUT2D eigenvalue weighted by Crippen LogP contribution is -2.23. The fraction of sp³-hybridized carbons (Fsp3) is 0.467. The van der Waals surface area contributed by atoms with E-state index in [1.165, 1.54) is 12.1 Å². The SMILES string of the molecule is Cc1ccc(F)cc1-c1noc(CCCNC(C)C)n1. The lowest BCUT2D eigenvalue weighted by Gasteiger charge is -2.05. The molecule has 0 saturated carbocycles. The maximum atomic E-state index is 13.3. The van der Waals surface area contributed by atoms with Gasteiger partial charge < -0.3 is 9.84 Å². The number of nitrogens with zero attached hydrogens (tertiary/aromatic N) is 2. The monoisotopic (exact) mass is 277 g/mol. The summed E-state index contributed by atoms with van der Waals surface area (Å²) in [5.74, 6) is 0.751. The molecule has 0 amide bonds. The summed E-state index contributed by atoms with van der Waals surface area (Å²) in [6, 6.07) is 5.05. The topological polar surface area (TPSA) is 51.0 Å². The Hall–Kier alpha value is -1.75. The Morgan fingerprint density at radius 2 is 2.15 bits per heavy atom. The van der Waals surface area contributed by atoms with Gasteiger partial charge in [0.15, 0.2) is 0 Å². The quantitative estimate of drug-likeness (QED) is 0.824. The highest BCUT2D eigenvalue weighted by Gasteiger charge is 2.11. The van der Waals surface area contributed by atoms with Crippen molar-refractivity contribution in [3.8, 4) is 11.4 Å². The zero-order valence-electron chi connectivity index (χ0n) is 12.1. The molecule has 0 spiro atoms. The van der Waals surface area contributed by atoms with Crippen LogP contribution in [0.15, 0.2) is 22.7 Å². The molecular weight excluding hydrogens is 257 g/mol. The van der Waals surface area contributed by atoms with Crippen LogP contribution in [-0.2, 0) is 6.42 Å². The van der Waals surface area contributed by atoms with Crippen molar-refractivity contribution in [3.63, 3.8) is 0 Å². The van der Waals surface area contributed by atoms with Crippen molar-refractivity contribution in [2.24, 2.45) is 0 Å². The van der Waals surface area contributed by atoms with Crippen LogP contribution < -0.4 is 5.32 Å². The summed E-state index contributed by atoms with van der Waals surface area (Å²) in [6.45, 7) is 7.03. The molecule has 0 saturated heterocycles. The number of aromatic nitrogens is 2. The molecule has 108 valence electrons. The van der Waals surface area contributed by atoms with E-state index < -0.39 is 0 Å². The van der Waals surface area contributed by atoms with Gasteiger partial charge in [-0.25, -0.2) is 4.39 Å². The van der Waals surface area contributed by atoms with Gasteiger partial charge >= 0.3 is 0 Å². The van der Waals surface area contributed by atoms with Crippen molar-refractivity contribution < 1.29 is 8.91 Å². The number of hydrogen-bond donors (Lipinski definition) is 1. The normalized spacial score (nSPS) is 11.2. The van der Waals surface area contributed by atoms with E-state index in [0.29, 0.717) is 23.3 Å². The summed E-state index contributed by atoms with van der Waals surface area (Å²) in [5, 5.41) is 7.26. The molecule has 1 aromatic carbocycles. The summed E-state index contributed by atoms with van der Waals surface area (Å²) in [4.78, 5) is 4.33. The molecule has 20 heavy (non-hydrogen) atoms. The van der Waals surface area contributed by atoms with E-state index in [1.807, 2.05) is 6.92 Å². The Morgan fingerprint density at radius 1 is 1.35 bits per heavy atom. The van der Waals surface area contributed by atoms with E-state index in [4.69, 9.17) is 4.52 Å². The van der Waals surface area contributed by atoms with E-state index in [9.17, 15) is 4.39 Å². The molecule has 0 radical (unpaired) electrons. The predicted molar refractivity (Wildman–Crippen MR) is 75.9 cm³/mol. The second-order valence-electron chi connectivity index (χ2n) is 5.18. The first-order valence-electron chi connectivity index (χ1n) is 6.89. The smallest absolute Gasteiger partial charge is 0.227 e. The molecule has 0 atom stereocenters. The first-order chi connectivity index (χ1) is 9.56. The fourth-order valence-corrected chi connectivity index (χ4v) is 1.93. The maximum absolute atomic E-state index is 13.3. The number of aryl methyl sites for hydroxylation is 2. The molecule has 4 nitrogen and oxygen atoms in total. The van der Waals surface area contributed by atoms with E-state index in [1.54, 1.807) is 6.07 Å². The van der Waals surface area contributed by atoms with E-state index >= 15 is 0 Å². The molecule has 1 aromatic heterocycles. The average molecular weight is 277 g/mol. The fourth-order valence-electron chi connectivity index (χ4n) is 1.93. The van der Waals surface area contributed by atoms with Crippen LogP contribution >= 0.6 is 0 Å². The van der Waals surface area contributed by atoms with Crippen LogP contribution in [0.3, 0.4) is 0 Å². The zero-order chi connectivity index (χ0) is 14.5. The lowest BCUT2D eigenvalue weighted by atomic mass is 10.1. The van der Waals surface area contributed by atoms with Gasteiger partial charge in [0.25, 0.3) is 0 Å². The largest absolute Gasteiger partial charge is 0.339 e. The Bertz CT molecular complexity index is 566. The van der Waals surface area contributed by atoms with Crippen LogP contribution in [0.4, 0.5) is 4.39 Å². The Balaban J connectivity index is 2.00. The standard InChI is InChI=1S/C15H20FN3O/c1-10(2)17-8-4-5-14-18-15(19-20-14)13-9-12(16)7-6-11(13)3/h6-7,9-10,17H,4-5,8H2,1-3H3. The number of hydrogen-bond acceptors (Lipinski definition) is 4. The third-order valence-corrected chi connectivity index (χ3v) is 3.03. The van der Waals surface area contributed by atoms with Gasteiger partial charge in [0.2, 0.25) is 11.7 Å². The lowest BCUT2D eigenvalue weighted by molar-refractivity contribution is 0.374. The highest BCUT2D eigenvalue weighted by Crippen LogP contribution is 2.21. The van der Waals surface area contributed by atoms with Crippen LogP contribution in [0.5, 0.6) is 0 Å². The first-order valence-corrected chi connectivity index (χ1v) is 6.89. The molecule has 1 heterocycles. The van der Waals surface area contributed by atoms with Crippen molar-refractivity contribution in [1.29, 1.82) is 0 Å². The van der Waals surface area contributed by atoms with Crippen LogP contribution in [0.25, 0.3) is 11.4 Å². The van der Waals surface area contributed by atoms with Gasteiger partial charge in [-0.3, -0.25) is 0 Å². The van der Waals surface area contributed by atoms with Gasteiger partial charge in [-0.1, -0.05) is 25.1 Å². The highest BCUT2D eigenvalue weighted by molar-refractivity contribution is 5.59. The molecule has 0 aliphatic carbocycles. The summed E-state index contributed by atoms with van der Waals surface area (Å²) in [7, 11) is 0. The van der Waals surface area contributed by atoms with Crippen LogP contribution in [0, 0.1) is 12.7 Å².